The molecule has 0 aliphatic rings. The molecule has 0 bridgehead atoms. The van der Waals surface area contributed by atoms with E-state index in [0.29, 0.717) is 22.8 Å². The van der Waals surface area contributed by atoms with Crippen LogP contribution in [0.2, 0.25) is 0 Å². The summed E-state index contributed by atoms with van der Waals surface area (Å²) < 4.78 is 11.2. The fourth-order valence-electron chi connectivity index (χ4n) is 1.91. The Morgan fingerprint density at radius 2 is 1.55 bits per heavy atom. The number of ether oxygens (including phenoxy) is 2. The SMILES string of the molecule is COc1cc(C)ccc1Oc1cc(C)ccc1C(=N)N. The maximum Gasteiger partial charge on any atom is 0.169 e. The van der Waals surface area contributed by atoms with E-state index >= 15 is 0 Å². The Bertz CT molecular complexity index is 651. The molecule has 3 N–H and O–H groups in total. The molecule has 0 saturated heterocycles. The van der Waals surface area contributed by atoms with Crippen molar-refractivity contribution in [2.75, 3.05) is 7.11 Å². The Labute approximate surface area is 118 Å². The van der Waals surface area contributed by atoms with E-state index in [1.165, 1.54) is 0 Å². The number of nitrogen functional groups attached to an aromatic ring is 1. The van der Waals surface area contributed by atoms with Crippen molar-refractivity contribution in [2.24, 2.45) is 5.73 Å². The molecule has 0 unspecified atom stereocenters. The van der Waals surface area contributed by atoms with E-state index in [-0.39, 0.29) is 5.84 Å². The van der Waals surface area contributed by atoms with Crippen molar-refractivity contribution in [1.82, 2.24) is 0 Å². The molecule has 0 fully saturated rings. The third-order valence-electron chi connectivity index (χ3n) is 2.97. The zero-order valence-corrected chi connectivity index (χ0v) is 11.9. The first-order chi connectivity index (χ1) is 9.51. The second-order valence-corrected chi connectivity index (χ2v) is 4.67. The average Bonchev–Trinajstić information content (AvgIpc) is 2.40. The Hall–Kier alpha value is -2.49. The zero-order chi connectivity index (χ0) is 14.7. The summed E-state index contributed by atoms with van der Waals surface area (Å²) in [7, 11) is 1.60. The minimum atomic E-state index is -0.0221. The first-order valence-corrected chi connectivity index (χ1v) is 6.29. The van der Waals surface area contributed by atoms with E-state index in [9.17, 15) is 0 Å². The van der Waals surface area contributed by atoms with Gasteiger partial charge < -0.3 is 15.2 Å². The van der Waals surface area contributed by atoms with Gasteiger partial charge in [0.05, 0.1) is 12.7 Å². The maximum atomic E-state index is 7.61. The van der Waals surface area contributed by atoms with Crippen molar-refractivity contribution in [1.29, 1.82) is 5.41 Å². The van der Waals surface area contributed by atoms with Crippen molar-refractivity contribution >= 4 is 5.84 Å². The monoisotopic (exact) mass is 270 g/mol. The average molecular weight is 270 g/mol. The molecule has 0 atom stereocenters. The Kier molecular flexibility index (Phi) is 3.94. The summed E-state index contributed by atoms with van der Waals surface area (Å²) in [6.07, 6.45) is 0. The normalized spacial score (nSPS) is 10.2. The van der Waals surface area contributed by atoms with Gasteiger partial charge in [-0.3, -0.25) is 5.41 Å². The molecule has 0 aromatic heterocycles. The van der Waals surface area contributed by atoms with Crippen molar-refractivity contribution in [3.63, 3.8) is 0 Å². The summed E-state index contributed by atoms with van der Waals surface area (Å²) in [5, 5.41) is 7.61. The molecule has 0 spiro atoms. The van der Waals surface area contributed by atoms with Crippen molar-refractivity contribution < 1.29 is 9.47 Å². The van der Waals surface area contributed by atoms with Crippen LogP contribution in [0.25, 0.3) is 0 Å². The van der Waals surface area contributed by atoms with Gasteiger partial charge in [-0.15, -0.1) is 0 Å². The van der Waals surface area contributed by atoms with Crippen molar-refractivity contribution in [2.45, 2.75) is 13.8 Å². The Morgan fingerprint density at radius 3 is 2.15 bits per heavy atom. The number of aryl methyl sites for hydroxylation is 2. The van der Waals surface area contributed by atoms with Crippen LogP contribution in [-0.4, -0.2) is 12.9 Å². The Balaban J connectivity index is 2.44. The molecule has 0 aliphatic heterocycles. The summed E-state index contributed by atoms with van der Waals surface area (Å²) in [4.78, 5) is 0. The van der Waals surface area contributed by atoms with Crippen LogP contribution in [0.15, 0.2) is 36.4 Å². The number of rotatable bonds is 4. The van der Waals surface area contributed by atoms with Crippen LogP contribution in [0.4, 0.5) is 0 Å². The summed E-state index contributed by atoms with van der Waals surface area (Å²) >= 11 is 0. The number of amidine groups is 1. The number of hydrogen-bond acceptors (Lipinski definition) is 3. The molecule has 0 saturated carbocycles. The molecule has 0 aliphatic carbocycles. The predicted octanol–water partition coefficient (Wildman–Crippen LogP) is 3.39. The summed E-state index contributed by atoms with van der Waals surface area (Å²) in [6, 6.07) is 11.2. The van der Waals surface area contributed by atoms with Crippen LogP contribution in [0.3, 0.4) is 0 Å². The van der Waals surface area contributed by atoms with E-state index in [1.54, 1.807) is 13.2 Å². The molecular formula is C16H18N2O2. The van der Waals surface area contributed by atoms with E-state index in [0.717, 1.165) is 11.1 Å². The van der Waals surface area contributed by atoms with Gasteiger partial charge >= 0.3 is 0 Å². The minimum Gasteiger partial charge on any atom is -0.493 e. The topological polar surface area (TPSA) is 68.3 Å². The smallest absolute Gasteiger partial charge is 0.169 e. The van der Waals surface area contributed by atoms with Gasteiger partial charge in [-0.25, -0.2) is 0 Å². The van der Waals surface area contributed by atoms with Gasteiger partial charge in [0, 0.05) is 0 Å². The van der Waals surface area contributed by atoms with E-state index in [2.05, 4.69) is 0 Å². The molecule has 4 nitrogen and oxygen atoms in total. The van der Waals surface area contributed by atoms with Crippen LogP contribution in [-0.2, 0) is 0 Å². The lowest BCUT2D eigenvalue weighted by molar-refractivity contribution is 0.378. The molecule has 20 heavy (non-hydrogen) atoms. The fraction of sp³-hybridized carbons (Fsp3) is 0.188. The van der Waals surface area contributed by atoms with Gasteiger partial charge in [0.2, 0.25) is 0 Å². The zero-order valence-electron chi connectivity index (χ0n) is 11.9. The molecule has 2 rings (SSSR count). The van der Waals surface area contributed by atoms with E-state index in [4.69, 9.17) is 20.6 Å². The lowest BCUT2D eigenvalue weighted by atomic mass is 10.1. The molecule has 104 valence electrons. The number of nitrogens with one attached hydrogen (secondary N) is 1. The minimum absolute atomic E-state index is 0.0221. The van der Waals surface area contributed by atoms with E-state index < -0.39 is 0 Å². The second kappa shape index (κ2) is 5.65. The molecule has 2 aromatic rings. The first kappa shape index (κ1) is 13.9. The molecule has 2 aromatic carbocycles. The van der Waals surface area contributed by atoms with Gasteiger partial charge in [0.15, 0.2) is 11.5 Å². The fourth-order valence-corrected chi connectivity index (χ4v) is 1.91. The molecule has 0 amide bonds. The van der Waals surface area contributed by atoms with Crippen LogP contribution >= 0.6 is 0 Å². The predicted molar refractivity (Wildman–Crippen MR) is 80.0 cm³/mol. The molecule has 0 heterocycles. The molecule has 0 radical (unpaired) electrons. The number of methoxy groups -OCH3 is 1. The van der Waals surface area contributed by atoms with Gasteiger partial charge in [-0.2, -0.15) is 0 Å². The molecule has 4 heteroatoms. The third-order valence-corrected chi connectivity index (χ3v) is 2.97. The van der Waals surface area contributed by atoms with Crippen LogP contribution < -0.4 is 15.2 Å². The highest BCUT2D eigenvalue weighted by molar-refractivity contribution is 5.97. The number of hydrogen-bond donors (Lipinski definition) is 2. The lowest BCUT2D eigenvalue weighted by Gasteiger charge is -2.14. The van der Waals surface area contributed by atoms with Crippen LogP contribution in [0, 0.1) is 19.3 Å². The largest absolute Gasteiger partial charge is 0.493 e. The highest BCUT2D eigenvalue weighted by atomic mass is 16.5. The third kappa shape index (κ3) is 2.91. The first-order valence-electron chi connectivity index (χ1n) is 6.29. The van der Waals surface area contributed by atoms with E-state index in [1.807, 2.05) is 44.2 Å². The molecular weight excluding hydrogens is 252 g/mol. The maximum absolute atomic E-state index is 7.61. The summed E-state index contributed by atoms with van der Waals surface area (Å²) in [5.74, 6) is 1.79. The van der Waals surface area contributed by atoms with Gasteiger partial charge in [0.1, 0.15) is 11.6 Å². The Morgan fingerprint density at radius 1 is 0.950 bits per heavy atom. The lowest BCUT2D eigenvalue weighted by Crippen LogP contribution is -2.12. The highest BCUT2D eigenvalue weighted by Gasteiger charge is 2.11. The standard InChI is InChI=1S/C16H18N2O2/c1-10-4-6-12(16(17)18)14(8-10)20-13-7-5-11(2)9-15(13)19-3/h4-9H,1-3H3,(H3,17,18). The second-order valence-electron chi connectivity index (χ2n) is 4.67. The summed E-state index contributed by atoms with van der Waals surface area (Å²) in [5.41, 5.74) is 8.28. The van der Waals surface area contributed by atoms with Crippen molar-refractivity contribution in [3.8, 4) is 17.2 Å². The summed E-state index contributed by atoms with van der Waals surface area (Å²) in [6.45, 7) is 3.95. The van der Waals surface area contributed by atoms with Crippen molar-refractivity contribution in [3.05, 3.63) is 53.1 Å². The van der Waals surface area contributed by atoms with Gasteiger partial charge in [-0.05, 0) is 49.2 Å². The highest BCUT2D eigenvalue weighted by Crippen LogP contribution is 2.34. The van der Waals surface area contributed by atoms with Gasteiger partial charge in [-0.1, -0.05) is 12.1 Å². The van der Waals surface area contributed by atoms with Crippen LogP contribution in [0.5, 0.6) is 17.2 Å². The number of nitrogens with two attached hydrogens (primary N) is 1. The quantitative estimate of drug-likeness (QED) is 0.661. The van der Waals surface area contributed by atoms with Crippen LogP contribution in [0.1, 0.15) is 16.7 Å². The number of benzene rings is 2. The van der Waals surface area contributed by atoms with Gasteiger partial charge in [0.25, 0.3) is 0 Å².